The summed E-state index contributed by atoms with van der Waals surface area (Å²) in [5, 5.41) is 12.0. The second kappa shape index (κ2) is 8.91. The number of hydrogen-bond acceptors (Lipinski definition) is 4. The Morgan fingerprint density at radius 1 is 1.39 bits per heavy atom. The molecule has 0 aliphatic carbocycles. The van der Waals surface area contributed by atoms with Crippen molar-refractivity contribution in [3.8, 4) is 0 Å². The molecule has 1 amide bonds. The number of halogens is 1. The van der Waals surface area contributed by atoms with Crippen LogP contribution >= 0.6 is 11.6 Å². The minimum absolute atomic E-state index is 0.0242. The van der Waals surface area contributed by atoms with Crippen LogP contribution in [0.2, 0.25) is 5.02 Å². The lowest BCUT2D eigenvalue weighted by Gasteiger charge is -2.29. The van der Waals surface area contributed by atoms with Gasteiger partial charge in [0.05, 0.1) is 6.61 Å². The fourth-order valence-electron chi connectivity index (χ4n) is 2.41. The molecule has 5 nitrogen and oxygen atoms in total. The topological polar surface area (TPSA) is 67.8 Å². The average Bonchev–Trinajstić information content (AvgIpc) is 2.58. The van der Waals surface area contributed by atoms with Gasteiger partial charge in [0.1, 0.15) is 0 Å². The lowest BCUT2D eigenvalue weighted by Crippen LogP contribution is -2.31. The molecule has 0 saturated carbocycles. The highest BCUT2D eigenvalue weighted by molar-refractivity contribution is 6.30. The van der Waals surface area contributed by atoms with E-state index in [-0.39, 0.29) is 24.2 Å². The van der Waals surface area contributed by atoms with Crippen LogP contribution in [0.4, 0.5) is 0 Å². The van der Waals surface area contributed by atoms with Crippen LogP contribution in [0.25, 0.3) is 0 Å². The quantitative estimate of drug-likeness (QED) is 0.749. The number of likely N-dealkylation sites (N-methyl/N-ethyl adjacent to an activating group) is 1. The largest absolute Gasteiger partial charge is 0.459 e. The van der Waals surface area contributed by atoms with Gasteiger partial charge in [-0.05, 0) is 36.6 Å². The Morgan fingerprint density at radius 3 is 2.78 bits per heavy atom. The number of hydrogen-bond donors (Lipinski definition) is 2. The Morgan fingerprint density at radius 2 is 2.13 bits per heavy atom. The van der Waals surface area contributed by atoms with E-state index in [0.29, 0.717) is 24.5 Å². The van der Waals surface area contributed by atoms with Crippen molar-refractivity contribution in [2.45, 2.75) is 31.5 Å². The lowest BCUT2D eigenvalue weighted by molar-refractivity contribution is -0.146. The first kappa shape index (κ1) is 17.8. The van der Waals surface area contributed by atoms with Crippen molar-refractivity contribution in [1.29, 1.82) is 0 Å². The summed E-state index contributed by atoms with van der Waals surface area (Å²) < 4.78 is 11.3. The fraction of sp³-hybridized carbons (Fsp3) is 0.471. The van der Waals surface area contributed by atoms with Crippen molar-refractivity contribution < 1.29 is 19.4 Å². The molecule has 1 aromatic rings. The van der Waals surface area contributed by atoms with Crippen LogP contribution in [-0.4, -0.2) is 37.6 Å². The molecule has 2 rings (SSSR count). The molecule has 1 heterocycles. The van der Waals surface area contributed by atoms with Gasteiger partial charge < -0.3 is 19.9 Å². The minimum Gasteiger partial charge on any atom is -0.459 e. The summed E-state index contributed by atoms with van der Waals surface area (Å²) in [6.45, 7) is 0.630. The van der Waals surface area contributed by atoms with Crippen molar-refractivity contribution in [3.05, 3.63) is 46.7 Å². The van der Waals surface area contributed by atoms with E-state index in [9.17, 15) is 4.79 Å². The third-order valence-electron chi connectivity index (χ3n) is 3.66. The van der Waals surface area contributed by atoms with E-state index in [4.69, 9.17) is 26.2 Å². The van der Waals surface area contributed by atoms with Crippen molar-refractivity contribution >= 4 is 17.5 Å². The van der Waals surface area contributed by atoms with Crippen molar-refractivity contribution in [2.24, 2.45) is 0 Å². The summed E-state index contributed by atoms with van der Waals surface area (Å²) >= 11 is 5.93. The summed E-state index contributed by atoms with van der Waals surface area (Å²) in [5.41, 5.74) is 1.06. The van der Waals surface area contributed by atoms with Gasteiger partial charge in [0.15, 0.2) is 5.76 Å². The Labute approximate surface area is 141 Å². The van der Waals surface area contributed by atoms with Gasteiger partial charge in [-0.25, -0.2) is 0 Å². The molecule has 0 spiro atoms. The molecule has 0 unspecified atom stereocenters. The maximum atomic E-state index is 11.9. The maximum absolute atomic E-state index is 11.9. The number of aliphatic hydroxyl groups is 1. The van der Waals surface area contributed by atoms with E-state index in [2.05, 4.69) is 5.32 Å². The first-order valence-electron chi connectivity index (χ1n) is 7.72. The van der Waals surface area contributed by atoms with Gasteiger partial charge in [0.25, 0.3) is 5.91 Å². The van der Waals surface area contributed by atoms with E-state index < -0.39 is 6.29 Å². The SMILES string of the molecule is CNC(=O)C1=C[C@H](c2ccc(Cl)cc2)C[C@H](OCCCCO)O1. The summed E-state index contributed by atoms with van der Waals surface area (Å²) in [6.07, 6.45) is 3.40. The van der Waals surface area contributed by atoms with E-state index in [0.717, 1.165) is 12.0 Å². The number of amides is 1. The Kier molecular flexibility index (Phi) is 6.89. The predicted molar refractivity (Wildman–Crippen MR) is 88.1 cm³/mol. The minimum atomic E-state index is -0.480. The number of unbranched alkanes of at least 4 members (excludes halogenated alkanes) is 1. The lowest BCUT2D eigenvalue weighted by atomic mass is 9.93. The zero-order chi connectivity index (χ0) is 16.7. The zero-order valence-corrected chi connectivity index (χ0v) is 13.9. The van der Waals surface area contributed by atoms with Gasteiger partial charge >= 0.3 is 0 Å². The number of benzene rings is 1. The highest BCUT2D eigenvalue weighted by Gasteiger charge is 2.28. The van der Waals surface area contributed by atoms with Crippen LogP contribution in [0, 0.1) is 0 Å². The third kappa shape index (κ3) is 5.23. The molecule has 0 saturated heterocycles. The summed E-state index contributed by atoms with van der Waals surface area (Å²) in [7, 11) is 1.57. The van der Waals surface area contributed by atoms with E-state index in [1.807, 2.05) is 30.3 Å². The van der Waals surface area contributed by atoms with Crippen LogP contribution in [0.15, 0.2) is 36.1 Å². The molecule has 0 fully saturated rings. The number of aliphatic hydroxyl groups excluding tert-OH is 1. The average molecular weight is 340 g/mol. The standard InChI is InChI=1S/C17H22ClNO4/c1-19-17(21)15-10-13(12-4-6-14(18)7-5-12)11-16(23-15)22-9-3-2-8-20/h4-7,10,13,16,20H,2-3,8-9,11H2,1H3,(H,19,21)/t13-,16+/m0/s1. The monoisotopic (exact) mass is 339 g/mol. The van der Waals surface area contributed by atoms with Crippen LogP contribution in [0.5, 0.6) is 0 Å². The van der Waals surface area contributed by atoms with E-state index >= 15 is 0 Å². The first-order valence-corrected chi connectivity index (χ1v) is 8.10. The Bertz CT molecular complexity index is 544. The van der Waals surface area contributed by atoms with Crippen molar-refractivity contribution in [1.82, 2.24) is 5.32 Å². The second-order valence-corrected chi connectivity index (χ2v) is 5.79. The highest BCUT2D eigenvalue weighted by atomic mass is 35.5. The van der Waals surface area contributed by atoms with Crippen LogP contribution in [-0.2, 0) is 14.3 Å². The van der Waals surface area contributed by atoms with Gasteiger partial charge in [-0.3, -0.25) is 4.79 Å². The molecule has 126 valence electrons. The number of nitrogens with one attached hydrogen (secondary N) is 1. The molecule has 6 heteroatoms. The molecule has 2 N–H and O–H groups in total. The predicted octanol–water partition coefficient (Wildman–Crippen LogP) is 2.59. The van der Waals surface area contributed by atoms with Gasteiger partial charge in [0.2, 0.25) is 6.29 Å². The first-order chi connectivity index (χ1) is 11.1. The molecular weight excluding hydrogens is 318 g/mol. The number of carbonyl (C=O) groups excluding carboxylic acids is 1. The second-order valence-electron chi connectivity index (χ2n) is 5.35. The maximum Gasteiger partial charge on any atom is 0.285 e. The van der Waals surface area contributed by atoms with Gasteiger partial charge in [-0.15, -0.1) is 0 Å². The highest BCUT2D eigenvalue weighted by Crippen LogP contribution is 2.32. The van der Waals surface area contributed by atoms with Gasteiger partial charge in [0, 0.05) is 31.0 Å². The summed E-state index contributed by atoms with van der Waals surface area (Å²) in [6, 6.07) is 7.55. The van der Waals surface area contributed by atoms with Gasteiger partial charge in [-0.1, -0.05) is 23.7 Å². The molecule has 0 radical (unpaired) electrons. The van der Waals surface area contributed by atoms with Crippen LogP contribution < -0.4 is 5.32 Å². The van der Waals surface area contributed by atoms with Crippen molar-refractivity contribution in [2.75, 3.05) is 20.3 Å². The number of carbonyl (C=O) groups is 1. The Hall–Kier alpha value is -1.56. The zero-order valence-electron chi connectivity index (χ0n) is 13.1. The fourth-order valence-corrected chi connectivity index (χ4v) is 2.54. The summed E-state index contributed by atoms with van der Waals surface area (Å²) in [4.78, 5) is 11.9. The number of allylic oxidation sites excluding steroid dienone is 1. The molecule has 1 aromatic carbocycles. The Balaban J connectivity index is 2.09. The molecule has 23 heavy (non-hydrogen) atoms. The van der Waals surface area contributed by atoms with Crippen LogP contribution in [0.1, 0.15) is 30.7 Å². The van der Waals surface area contributed by atoms with Crippen molar-refractivity contribution in [3.63, 3.8) is 0 Å². The number of ether oxygens (including phenoxy) is 2. The molecule has 2 atom stereocenters. The summed E-state index contributed by atoms with van der Waals surface area (Å²) in [5.74, 6) is 0.0228. The van der Waals surface area contributed by atoms with E-state index in [1.165, 1.54) is 0 Å². The molecule has 1 aliphatic rings. The number of rotatable bonds is 7. The molecule has 0 aromatic heterocycles. The normalized spacial score (nSPS) is 20.6. The molecular formula is C17H22ClNO4. The smallest absolute Gasteiger partial charge is 0.285 e. The van der Waals surface area contributed by atoms with Crippen LogP contribution in [0.3, 0.4) is 0 Å². The molecule has 0 bridgehead atoms. The molecule has 1 aliphatic heterocycles. The van der Waals surface area contributed by atoms with Gasteiger partial charge in [-0.2, -0.15) is 0 Å². The van der Waals surface area contributed by atoms with E-state index in [1.54, 1.807) is 7.05 Å². The third-order valence-corrected chi connectivity index (χ3v) is 3.91.